The van der Waals surface area contributed by atoms with Crippen molar-refractivity contribution < 1.29 is 9.53 Å². The summed E-state index contributed by atoms with van der Waals surface area (Å²) >= 11 is 0. The summed E-state index contributed by atoms with van der Waals surface area (Å²) in [7, 11) is 0. The summed E-state index contributed by atoms with van der Waals surface area (Å²) in [6, 6.07) is 0. The van der Waals surface area contributed by atoms with E-state index in [1.165, 1.54) is 44.9 Å². The van der Waals surface area contributed by atoms with E-state index < -0.39 is 0 Å². The van der Waals surface area contributed by atoms with Crippen molar-refractivity contribution in [1.82, 2.24) is 0 Å². The summed E-state index contributed by atoms with van der Waals surface area (Å²) < 4.78 is 6.09. The minimum absolute atomic E-state index is 0.323. The van der Waals surface area contributed by atoms with Gasteiger partial charge in [-0.3, -0.25) is 0 Å². The van der Waals surface area contributed by atoms with Crippen LogP contribution < -0.4 is 0 Å². The molecule has 1 fully saturated rings. The molecular formula is C18H34O2. The number of aldehydes is 1. The molecule has 2 atom stereocenters. The van der Waals surface area contributed by atoms with Crippen LogP contribution in [0, 0.1) is 11.3 Å². The van der Waals surface area contributed by atoms with Gasteiger partial charge in [0.15, 0.2) is 0 Å². The lowest BCUT2D eigenvalue weighted by Crippen LogP contribution is -2.35. The number of unbranched alkanes of at least 4 members (excludes halogenated alkanes) is 5. The van der Waals surface area contributed by atoms with E-state index in [1.54, 1.807) is 0 Å². The predicted molar refractivity (Wildman–Crippen MR) is 84.9 cm³/mol. The van der Waals surface area contributed by atoms with Gasteiger partial charge in [-0.15, -0.1) is 0 Å². The molecule has 0 aromatic heterocycles. The molecule has 0 heterocycles. The largest absolute Gasteiger partial charge is 0.378 e. The maximum Gasteiger partial charge on any atom is 0.120 e. The number of carbonyl (C=O) groups excluding carboxylic acids is 1. The van der Waals surface area contributed by atoms with Crippen LogP contribution in [0.1, 0.15) is 85.0 Å². The highest BCUT2D eigenvalue weighted by molar-refractivity contribution is 5.49. The lowest BCUT2D eigenvalue weighted by atomic mass is 9.70. The summed E-state index contributed by atoms with van der Waals surface area (Å²) in [5, 5.41) is 0. The number of rotatable bonds is 10. The SMILES string of the molecule is CCCCCCCCO[C@@H]1CCC(C)(C)C[C@@H]1CC=O. The molecule has 0 unspecified atom stereocenters. The predicted octanol–water partition coefficient (Wildman–Crippen LogP) is 5.15. The van der Waals surface area contributed by atoms with E-state index in [1.807, 2.05) is 0 Å². The van der Waals surface area contributed by atoms with E-state index in [0.717, 1.165) is 25.7 Å². The standard InChI is InChI=1S/C18H34O2/c1-4-5-6-7-8-9-14-20-17-10-12-18(2,3)15-16(17)11-13-19/h13,16-17H,4-12,14-15H2,1-3H3/t16-,17+/m0/s1. The van der Waals surface area contributed by atoms with E-state index in [2.05, 4.69) is 20.8 Å². The van der Waals surface area contributed by atoms with Crippen molar-refractivity contribution in [2.45, 2.75) is 91.1 Å². The molecule has 1 rings (SSSR count). The molecule has 0 radical (unpaired) electrons. The Bertz CT molecular complexity index is 260. The van der Waals surface area contributed by atoms with Gasteiger partial charge in [0, 0.05) is 13.0 Å². The molecule has 1 aliphatic rings. The molecule has 0 aliphatic heterocycles. The minimum atomic E-state index is 0.323. The molecule has 0 saturated heterocycles. The fourth-order valence-corrected chi connectivity index (χ4v) is 3.41. The Morgan fingerprint density at radius 3 is 2.55 bits per heavy atom. The fourth-order valence-electron chi connectivity index (χ4n) is 3.41. The van der Waals surface area contributed by atoms with Gasteiger partial charge in [0.05, 0.1) is 6.10 Å². The maximum absolute atomic E-state index is 10.9. The normalized spacial score (nSPS) is 25.6. The zero-order chi connectivity index (χ0) is 14.8. The van der Waals surface area contributed by atoms with Crippen molar-refractivity contribution in [3.63, 3.8) is 0 Å². The summed E-state index contributed by atoms with van der Waals surface area (Å²) in [5.41, 5.74) is 0.383. The second kappa shape index (κ2) is 9.55. The van der Waals surface area contributed by atoms with Crippen molar-refractivity contribution in [2.24, 2.45) is 11.3 Å². The molecule has 0 aromatic carbocycles. The number of ether oxygens (including phenoxy) is 1. The third-order valence-electron chi connectivity index (χ3n) is 4.67. The van der Waals surface area contributed by atoms with Gasteiger partial charge in [0.2, 0.25) is 0 Å². The van der Waals surface area contributed by atoms with Crippen LogP contribution in [0.3, 0.4) is 0 Å². The van der Waals surface area contributed by atoms with Gasteiger partial charge in [-0.05, 0) is 37.0 Å². The number of hydrogen-bond acceptors (Lipinski definition) is 2. The Hall–Kier alpha value is -0.370. The van der Waals surface area contributed by atoms with Crippen molar-refractivity contribution in [3.8, 4) is 0 Å². The van der Waals surface area contributed by atoms with Gasteiger partial charge in [-0.1, -0.05) is 52.9 Å². The Kier molecular flexibility index (Phi) is 8.44. The fraction of sp³-hybridized carbons (Fsp3) is 0.944. The van der Waals surface area contributed by atoms with E-state index in [0.29, 0.717) is 23.9 Å². The molecule has 20 heavy (non-hydrogen) atoms. The monoisotopic (exact) mass is 282 g/mol. The van der Waals surface area contributed by atoms with E-state index in [4.69, 9.17) is 4.74 Å². The van der Waals surface area contributed by atoms with Crippen LogP contribution in [0.25, 0.3) is 0 Å². The first-order valence-corrected chi connectivity index (χ1v) is 8.64. The number of hydrogen-bond donors (Lipinski definition) is 0. The average Bonchev–Trinajstić information content (AvgIpc) is 2.39. The topological polar surface area (TPSA) is 26.3 Å². The molecule has 1 aliphatic carbocycles. The van der Waals surface area contributed by atoms with Crippen LogP contribution in [0.5, 0.6) is 0 Å². The lowest BCUT2D eigenvalue weighted by molar-refractivity contribution is -0.111. The molecule has 2 heteroatoms. The van der Waals surface area contributed by atoms with E-state index in [9.17, 15) is 4.79 Å². The van der Waals surface area contributed by atoms with Crippen LogP contribution in [0.4, 0.5) is 0 Å². The smallest absolute Gasteiger partial charge is 0.120 e. The van der Waals surface area contributed by atoms with Gasteiger partial charge in [-0.25, -0.2) is 0 Å². The van der Waals surface area contributed by atoms with Crippen LogP contribution >= 0.6 is 0 Å². The van der Waals surface area contributed by atoms with Crippen LogP contribution in [0.2, 0.25) is 0 Å². The zero-order valence-corrected chi connectivity index (χ0v) is 13.8. The van der Waals surface area contributed by atoms with Crippen LogP contribution in [0.15, 0.2) is 0 Å². The molecule has 118 valence electrons. The molecule has 0 bridgehead atoms. The molecule has 0 N–H and O–H groups in total. The van der Waals surface area contributed by atoms with Gasteiger partial charge in [-0.2, -0.15) is 0 Å². The molecular weight excluding hydrogens is 248 g/mol. The Labute approximate surface area is 125 Å². The lowest BCUT2D eigenvalue weighted by Gasteiger charge is -2.40. The van der Waals surface area contributed by atoms with Gasteiger partial charge in [0.25, 0.3) is 0 Å². The van der Waals surface area contributed by atoms with Gasteiger partial charge >= 0.3 is 0 Å². The van der Waals surface area contributed by atoms with Crippen LogP contribution in [-0.2, 0) is 9.53 Å². The van der Waals surface area contributed by atoms with Crippen molar-refractivity contribution in [2.75, 3.05) is 6.61 Å². The van der Waals surface area contributed by atoms with E-state index >= 15 is 0 Å². The first-order valence-electron chi connectivity index (χ1n) is 8.64. The van der Waals surface area contributed by atoms with Crippen molar-refractivity contribution >= 4 is 6.29 Å². The first kappa shape index (κ1) is 17.7. The highest BCUT2D eigenvalue weighted by Gasteiger charge is 2.34. The third-order valence-corrected chi connectivity index (χ3v) is 4.67. The highest BCUT2D eigenvalue weighted by Crippen LogP contribution is 2.41. The van der Waals surface area contributed by atoms with Gasteiger partial charge in [0.1, 0.15) is 6.29 Å². The van der Waals surface area contributed by atoms with Gasteiger partial charge < -0.3 is 9.53 Å². The first-order chi connectivity index (χ1) is 9.59. The second-order valence-electron chi connectivity index (χ2n) is 7.25. The second-order valence-corrected chi connectivity index (χ2v) is 7.25. The summed E-state index contributed by atoms with van der Waals surface area (Å²) in [5.74, 6) is 0.441. The average molecular weight is 282 g/mol. The Balaban J connectivity index is 2.19. The number of carbonyl (C=O) groups is 1. The van der Waals surface area contributed by atoms with Crippen LogP contribution in [-0.4, -0.2) is 19.0 Å². The van der Waals surface area contributed by atoms with Crippen molar-refractivity contribution in [3.05, 3.63) is 0 Å². The molecule has 0 amide bonds. The zero-order valence-electron chi connectivity index (χ0n) is 13.8. The summed E-state index contributed by atoms with van der Waals surface area (Å²) in [6.07, 6.45) is 13.4. The Morgan fingerprint density at radius 2 is 1.85 bits per heavy atom. The minimum Gasteiger partial charge on any atom is -0.378 e. The highest BCUT2D eigenvalue weighted by atomic mass is 16.5. The maximum atomic E-state index is 10.9. The molecule has 0 aromatic rings. The summed E-state index contributed by atoms with van der Waals surface area (Å²) in [6.45, 7) is 7.76. The molecule has 1 saturated carbocycles. The third kappa shape index (κ3) is 6.88. The quantitative estimate of drug-likeness (QED) is 0.409. The van der Waals surface area contributed by atoms with E-state index in [-0.39, 0.29) is 0 Å². The molecule has 2 nitrogen and oxygen atoms in total. The van der Waals surface area contributed by atoms with Crippen molar-refractivity contribution in [1.29, 1.82) is 0 Å². The summed E-state index contributed by atoms with van der Waals surface area (Å²) in [4.78, 5) is 10.9. The Morgan fingerprint density at radius 1 is 1.15 bits per heavy atom. The molecule has 0 spiro atoms.